The molecule has 0 saturated carbocycles. The number of hydrogen-bond acceptors (Lipinski definition) is 2. The first-order chi connectivity index (χ1) is 7.61. The van der Waals surface area contributed by atoms with E-state index >= 15 is 0 Å². The highest BCUT2D eigenvalue weighted by Gasteiger charge is 2.14. The number of unbranched alkanes of at least 4 members (excludes halogenated alkanes) is 1. The van der Waals surface area contributed by atoms with E-state index in [4.69, 9.17) is 5.11 Å². The predicted octanol–water partition coefficient (Wildman–Crippen LogP) is 2.18. The van der Waals surface area contributed by atoms with Crippen molar-refractivity contribution < 1.29 is 14.7 Å². The predicted molar refractivity (Wildman–Crippen MR) is 63.2 cm³/mol. The Morgan fingerprint density at radius 1 is 1.25 bits per heavy atom. The molecule has 94 valence electrons. The van der Waals surface area contributed by atoms with Gasteiger partial charge in [0.25, 0.3) is 0 Å². The van der Waals surface area contributed by atoms with Crippen LogP contribution in [0.1, 0.15) is 52.4 Å². The van der Waals surface area contributed by atoms with Crippen LogP contribution in [0, 0.1) is 5.92 Å². The first-order valence-electron chi connectivity index (χ1n) is 6.11. The molecule has 0 saturated heterocycles. The molecule has 1 atom stereocenters. The van der Waals surface area contributed by atoms with Gasteiger partial charge in [-0.2, -0.15) is 0 Å². The highest BCUT2D eigenvalue weighted by atomic mass is 16.4. The molecule has 4 heteroatoms. The fourth-order valence-electron chi connectivity index (χ4n) is 1.57. The van der Waals surface area contributed by atoms with Gasteiger partial charge in [0.15, 0.2) is 0 Å². The Hall–Kier alpha value is -1.06. The number of carbonyl (C=O) groups is 2. The molecular formula is C12H23NO3. The molecule has 0 aliphatic heterocycles. The Labute approximate surface area is 97.4 Å². The van der Waals surface area contributed by atoms with Gasteiger partial charge in [-0.25, -0.2) is 0 Å². The summed E-state index contributed by atoms with van der Waals surface area (Å²) in [6.45, 7) is 4.59. The first-order valence-corrected chi connectivity index (χ1v) is 6.11. The van der Waals surface area contributed by atoms with Gasteiger partial charge in [-0.1, -0.05) is 26.7 Å². The first kappa shape index (κ1) is 14.9. The average Bonchev–Trinajstić information content (AvgIpc) is 2.25. The second-order valence-corrected chi connectivity index (χ2v) is 4.04. The normalized spacial score (nSPS) is 12.1. The molecule has 0 aromatic rings. The smallest absolute Gasteiger partial charge is 0.303 e. The molecule has 16 heavy (non-hydrogen) atoms. The summed E-state index contributed by atoms with van der Waals surface area (Å²) in [6, 6.07) is 0. The molecule has 0 bridgehead atoms. The third kappa shape index (κ3) is 7.26. The molecule has 4 nitrogen and oxygen atoms in total. The second-order valence-electron chi connectivity index (χ2n) is 4.04. The molecule has 0 radical (unpaired) electrons. The Morgan fingerprint density at radius 2 is 1.94 bits per heavy atom. The third-order valence-corrected chi connectivity index (χ3v) is 2.64. The average molecular weight is 229 g/mol. The maximum absolute atomic E-state index is 11.7. The molecule has 0 aromatic carbocycles. The van der Waals surface area contributed by atoms with E-state index in [0.29, 0.717) is 13.0 Å². The van der Waals surface area contributed by atoms with Crippen molar-refractivity contribution in [3.8, 4) is 0 Å². The standard InChI is InChI=1S/C12H23NO3/c1-3-5-7-10(4-2)12(16)13-9-6-8-11(14)15/h10H,3-9H2,1-2H3,(H,13,16)(H,14,15). The summed E-state index contributed by atoms with van der Waals surface area (Å²) < 4.78 is 0. The zero-order chi connectivity index (χ0) is 12.4. The molecule has 1 unspecified atom stereocenters. The zero-order valence-corrected chi connectivity index (χ0v) is 10.3. The maximum Gasteiger partial charge on any atom is 0.303 e. The molecule has 0 rings (SSSR count). The molecule has 0 aliphatic carbocycles. The largest absolute Gasteiger partial charge is 0.481 e. The fraction of sp³-hybridized carbons (Fsp3) is 0.833. The van der Waals surface area contributed by atoms with Crippen LogP contribution in [0.15, 0.2) is 0 Å². The van der Waals surface area contributed by atoms with Gasteiger partial charge in [-0.05, 0) is 19.3 Å². The minimum absolute atomic E-state index is 0.0707. The third-order valence-electron chi connectivity index (χ3n) is 2.64. The summed E-state index contributed by atoms with van der Waals surface area (Å²) in [4.78, 5) is 21.9. The van der Waals surface area contributed by atoms with Crippen molar-refractivity contribution in [3.63, 3.8) is 0 Å². The van der Waals surface area contributed by atoms with Crippen LogP contribution in [-0.4, -0.2) is 23.5 Å². The van der Waals surface area contributed by atoms with E-state index in [0.717, 1.165) is 25.7 Å². The van der Waals surface area contributed by atoms with Crippen LogP contribution in [0.25, 0.3) is 0 Å². The molecular weight excluding hydrogens is 206 g/mol. The van der Waals surface area contributed by atoms with Gasteiger partial charge in [0.1, 0.15) is 0 Å². The number of carboxylic acids is 1. The van der Waals surface area contributed by atoms with Crippen LogP contribution < -0.4 is 5.32 Å². The van der Waals surface area contributed by atoms with Crippen molar-refractivity contribution in [2.24, 2.45) is 5.92 Å². The van der Waals surface area contributed by atoms with E-state index in [9.17, 15) is 9.59 Å². The van der Waals surface area contributed by atoms with Gasteiger partial charge in [0, 0.05) is 18.9 Å². The lowest BCUT2D eigenvalue weighted by atomic mass is 9.98. The number of nitrogens with one attached hydrogen (secondary N) is 1. The Morgan fingerprint density at radius 3 is 2.44 bits per heavy atom. The molecule has 0 aromatic heterocycles. The Kier molecular flexibility index (Phi) is 8.58. The van der Waals surface area contributed by atoms with Crippen LogP contribution in [0.4, 0.5) is 0 Å². The molecule has 1 amide bonds. The molecule has 0 spiro atoms. The van der Waals surface area contributed by atoms with Gasteiger partial charge in [-0.3, -0.25) is 9.59 Å². The Balaban J connectivity index is 3.70. The summed E-state index contributed by atoms with van der Waals surface area (Å²) in [7, 11) is 0. The highest BCUT2D eigenvalue weighted by Crippen LogP contribution is 2.12. The number of carboxylic acid groups (broad SMARTS) is 1. The second kappa shape index (κ2) is 9.19. The summed E-state index contributed by atoms with van der Waals surface area (Å²) in [5.41, 5.74) is 0. The van der Waals surface area contributed by atoms with Gasteiger partial charge in [0.2, 0.25) is 5.91 Å². The fourth-order valence-corrected chi connectivity index (χ4v) is 1.57. The van der Waals surface area contributed by atoms with E-state index in [-0.39, 0.29) is 18.2 Å². The number of amides is 1. The molecule has 0 fully saturated rings. The van der Waals surface area contributed by atoms with Crippen LogP contribution in [-0.2, 0) is 9.59 Å². The van der Waals surface area contributed by atoms with E-state index in [2.05, 4.69) is 12.2 Å². The summed E-state index contributed by atoms with van der Waals surface area (Å²) in [5, 5.41) is 11.2. The van der Waals surface area contributed by atoms with Crippen molar-refractivity contribution in [1.29, 1.82) is 0 Å². The van der Waals surface area contributed by atoms with E-state index in [1.807, 2.05) is 6.92 Å². The number of hydrogen-bond donors (Lipinski definition) is 2. The molecule has 0 aliphatic rings. The summed E-state index contributed by atoms with van der Waals surface area (Å²) in [6.07, 6.45) is 4.57. The SMILES string of the molecule is CCCCC(CC)C(=O)NCCCC(=O)O. The van der Waals surface area contributed by atoms with Gasteiger partial charge < -0.3 is 10.4 Å². The highest BCUT2D eigenvalue weighted by molar-refractivity contribution is 5.78. The number of aliphatic carboxylic acids is 1. The lowest BCUT2D eigenvalue weighted by molar-refractivity contribution is -0.137. The lowest BCUT2D eigenvalue weighted by Gasteiger charge is -2.14. The minimum atomic E-state index is -0.813. The van der Waals surface area contributed by atoms with Crippen LogP contribution in [0.3, 0.4) is 0 Å². The Bertz CT molecular complexity index is 216. The zero-order valence-electron chi connectivity index (χ0n) is 10.3. The van der Waals surface area contributed by atoms with E-state index in [1.54, 1.807) is 0 Å². The van der Waals surface area contributed by atoms with Gasteiger partial charge in [-0.15, -0.1) is 0 Å². The van der Waals surface area contributed by atoms with Crippen LogP contribution in [0.2, 0.25) is 0 Å². The van der Waals surface area contributed by atoms with Crippen molar-refractivity contribution in [3.05, 3.63) is 0 Å². The van der Waals surface area contributed by atoms with Crippen molar-refractivity contribution >= 4 is 11.9 Å². The van der Waals surface area contributed by atoms with Gasteiger partial charge >= 0.3 is 5.97 Å². The number of rotatable bonds is 9. The van der Waals surface area contributed by atoms with E-state index < -0.39 is 5.97 Å². The summed E-state index contributed by atoms with van der Waals surface area (Å²) in [5.74, 6) is -0.654. The van der Waals surface area contributed by atoms with Crippen LogP contribution in [0.5, 0.6) is 0 Å². The summed E-state index contributed by atoms with van der Waals surface area (Å²) >= 11 is 0. The van der Waals surface area contributed by atoms with Crippen molar-refractivity contribution in [2.75, 3.05) is 6.54 Å². The number of carbonyl (C=O) groups excluding carboxylic acids is 1. The van der Waals surface area contributed by atoms with Crippen molar-refractivity contribution in [1.82, 2.24) is 5.32 Å². The molecule has 0 heterocycles. The maximum atomic E-state index is 11.7. The van der Waals surface area contributed by atoms with Crippen LogP contribution >= 0.6 is 0 Å². The van der Waals surface area contributed by atoms with E-state index in [1.165, 1.54) is 0 Å². The molecule has 2 N–H and O–H groups in total. The lowest BCUT2D eigenvalue weighted by Crippen LogP contribution is -2.31. The quantitative estimate of drug-likeness (QED) is 0.595. The minimum Gasteiger partial charge on any atom is -0.481 e. The van der Waals surface area contributed by atoms with Gasteiger partial charge in [0.05, 0.1) is 0 Å². The topological polar surface area (TPSA) is 66.4 Å². The monoisotopic (exact) mass is 229 g/mol. The van der Waals surface area contributed by atoms with Crippen molar-refractivity contribution in [2.45, 2.75) is 52.4 Å².